The second-order valence-electron chi connectivity index (χ2n) is 4.35. The molecule has 0 aromatic heterocycles. The minimum absolute atomic E-state index is 0.517. The molecular formula is C16H15NO2S. The Labute approximate surface area is 122 Å². The van der Waals surface area contributed by atoms with Gasteiger partial charge in [0.1, 0.15) is 6.61 Å². The summed E-state index contributed by atoms with van der Waals surface area (Å²) in [6.07, 6.45) is 0. The van der Waals surface area contributed by atoms with Crippen LogP contribution in [0.1, 0.15) is 11.1 Å². The van der Waals surface area contributed by atoms with E-state index in [4.69, 9.17) is 9.57 Å². The van der Waals surface area contributed by atoms with Crippen LogP contribution in [0.15, 0.2) is 64.6 Å². The summed E-state index contributed by atoms with van der Waals surface area (Å²) in [4.78, 5) is 6.26. The predicted molar refractivity (Wildman–Crippen MR) is 80.9 cm³/mol. The van der Waals surface area contributed by atoms with Gasteiger partial charge < -0.3 is 9.57 Å². The van der Waals surface area contributed by atoms with Gasteiger partial charge in [-0.05, 0) is 22.9 Å². The normalized spacial score (nSPS) is 14.1. The molecule has 0 amide bonds. The first-order valence-electron chi connectivity index (χ1n) is 6.52. The Bertz CT molecular complexity index is 598. The topological polar surface area (TPSA) is 30.8 Å². The molecule has 20 heavy (non-hydrogen) atoms. The summed E-state index contributed by atoms with van der Waals surface area (Å²) < 4.78 is 5.57. The first-order chi connectivity index (χ1) is 9.93. The van der Waals surface area contributed by atoms with E-state index in [-0.39, 0.29) is 0 Å². The van der Waals surface area contributed by atoms with Crippen molar-refractivity contribution in [1.29, 1.82) is 0 Å². The van der Waals surface area contributed by atoms with Crippen molar-refractivity contribution < 1.29 is 9.57 Å². The highest BCUT2D eigenvalue weighted by molar-refractivity contribution is 7.98. The van der Waals surface area contributed by atoms with Gasteiger partial charge in [-0.1, -0.05) is 42.5 Å². The molecule has 0 fully saturated rings. The minimum Gasteiger partial charge on any atom is -0.471 e. The molecule has 102 valence electrons. The number of ether oxygens (including phenoxy) is 1. The molecule has 3 nitrogen and oxygen atoms in total. The van der Waals surface area contributed by atoms with E-state index in [0.717, 1.165) is 16.2 Å². The summed E-state index contributed by atoms with van der Waals surface area (Å²) >= 11 is 1.78. The van der Waals surface area contributed by atoms with Gasteiger partial charge >= 0.3 is 0 Å². The Hall–Kier alpha value is -1.94. The third-order valence-corrected chi connectivity index (χ3v) is 4.06. The number of oxime groups is 1. The summed E-state index contributed by atoms with van der Waals surface area (Å²) in [6.45, 7) is 1.07. The van der Waals surface area contributed by atoms with Gasteiger partial charge in [0, 0.05) is 10.6 Å². The van der Waals surface area contributed by atoms with E-state index in [1.165, 1.54) is 5.56 Å². The average Bonchev–Trinajstić information content (AvgIpc) is 2.55. The van der Waals surface area contributed by atoms with Crippen LogP contribution in [0.5, 0.6) is 0 Å². The van der Waals surface area contributed by atoms with Crippen molar-refractivity contribution in [1.82, 2.24) is 0 Å². The first-order valence-corrected chi connectivity index (χ1v) is 7.51. The van der Waals surface area contributed by atoms with Gasteiger partial charge in [0.15, 0.2) is 6.61 Å². The van der Waals surface area contributed by atoms with Gasteiger partial charge in [0.2, 0.25) is 0 Å². The van der Waals surface area contributed by atoms with Crippen LogP contribution in [0.3, 0.4) is 0 Å². The Balaban J connectivity index is 1.78. The molecule has 1 aliphatic heterocycles. The molecule has 4 heteroatoms. The minimum atomic E-state index is 0.517. The zero-order valence-electron chi connectivity index (χ0n) is 11.0. The van der Waals surface area contributed by atoms with E-state index >= 15 is 0 Å². The van der Waals surface area contributed by atoms with Gasteiger partial charge in [-0.25, -0.2) is 0 Å². The largest absolute Gasteiger partial charge is 0.471 e. The molecule has 1 heterocycles. The van der Waals surface area contributed by atoms with Crippen molar-refractivity contribution in [2.45, 2.75) is 10.6 Å². The van der Waals surface area contributed by atoms with Crippen molar-refractivity contribution in [3.63, 3.8) is 0 Å². The fourth-order valence-electron chi connectivity index (χ4n) is 1.94. The maximum absolute atomic E-state index is 5.57. The van der Waals surface area contributed by atoms with Crippen LogP contribution in [0.2, 0.25) is 0 Å². The van der Waals surface area contributed by atoms with Crippen LogP contribution < -0.4 is 0 Å². The molecule has 0 saturated carbocycles. The number of hydrogen-bond donors (Lipinski definition) is 0. The van der Waals surface area contributed by atoms with E-state index in [2.05, 4.69) is 35.5 Å². The lowest BCUT2D eigenvalue weighted by molar-refractivity contribution is 0.0653. The van der Waals surface area contributed by atoms with Gasteiger partial charge in [-0.3, -0.25) is 0 Å². The third kappa shape index (κ3) is 3.14. The van der Waals surface area contributed by atoms with Crippen LogP contribution in [0.4, 0.5) is 0 Å². The van der Waals surface area contributed by atoms with Crippen molar-refractivity contribution in [2.24, 2.45) is 5.16 Å². The lowest BCUT2D eigenvalue weighted by Gasteiger charge is -2.15. The van der Waals surface area contributed by atoms with Gasteiger partial charge in [0.25, 0.3) is 5.90 Å². The van der Waals surface area contributed by atoms with Crippen LogP contribution >= 0.6 is 11.8 Å². The Morgan fingerprint density at radius 2 is 1.75 bits per heavy atom. The number of benzene rings is 2. The number of hydrogen-bond acceptors (Lipinski definition) is 4. The Morgan fingerprint density at radius 1 is 0.950 bits per heavy atom. The number of thioether (sulfide) groups is 1. The van der Waals surface area contributed by atoms with E-state index in [0.29, 0.717) is 19.1 Å². The van der Waals surface area contributed by atoms with Crippen molar-refractivity contribution in [3.8, 4) is 0 Å². The molecule has 3 rings (SSSR count). The van der Waals surface area contributed by atoms with Gasteiger partial charge in [-0.15, -0.1) is 11.8 Å². The summed E-state index contributed by atoms with van der Waals surface area (Å²) in [5.74, 6) is 1.50. The molecule has 0 radical (unpaired) electrons. The Kier molecular flexibility index (Phi) is 4.23. The molecule has 0 aliphatic carbocycles. The molecule has 2 aromatic carbocycles. The highest BCUT2D eigenvalue weighted by Gasteiger charge is 2.14. The maximum Gasteiger partial charge on any atom is 0.258 e. The second-order valence-corrected chi connectivity index (χ2v) is 5.37. The van der Waals surface area contributed by atoms with Crippen LogP contribution in [-0.4, -0.2) is 19.1 Å². The van der Waals surface area contributed by atoms with Crippen LogP contribution in [0.25, 0.3) is 0 Å². The fourth-order valence-corrected chi connectivity index (χ4v) is 2.94. The van der Waals surface area contributed by atoms with E-state index in [1.54, 1.807) is 11.8 Å². The molecule has 0 unspecified atom stereocenters. The molecule has 0 saturated heterocycles. The third-order valence-electron chi connectivity index (χ3n) is 2.92. The highest BCUT2D eigenvalue weighted by atomic mass is 32.2. The second kappa shape index (κ2) is 6.48. The summed E-state index contributed by atoms with van der Waals surface area (Å²) in [6, 6.07) is 18.5. The lowest BCUT2D eigenvalue weighted by Crippen LogP contribution is -2.17. The monoisotopic (exact) mass is 285 g/mol. The molecule has 0 N–H and O–H groups in total. The van der Waals surface area contributed by atoms with Crippen molar-refractivity contribution in [2.75, 3.05) is 13.2 Å². The maximum atomic E-state index is 5.57. The molecule has 2 aromatic rings. The molecular weight excluding hydrogens is 270 g/mol. The lowest BCUT2D eigenvalue weighted by atomic mass is 10.2. The highest BCUT2D eigenvalue weighted by Crippen LogP contribution is 2.27. The van der Waals surface area contributed by atoms with Crippen LogP contribution in [0, 0.1) is 0 Å². The van der Waals surface area contributed by atoms with Crippen molar-refractivity contribution >= 4 is 17.7 Å². The fraction of sp³-hybridized carbons (Fsp3) is 0.188. The molecule has 1 aliphatic rings. The van der Waals surface area contributed by atoms with Gasteiger partial charge in [-0.2, -0.15) is 0 Å². The summed E-state index contributed by atoms with van der Waals surface area (Å²) in [5.41, 5.74) is 2.29. The standard InChI is InChI=1S/C16H15NO2S/c1-2-6-13(7-3-1)12-20-15-9-5-4-8-14(15)16-17-19-11-10-18-16/h1-9H,10-12H2. The van der Waals surface area contributed by atoms with E-state index < -0.39 is 0 Å². The molecule has 0 bridgehead atoms. The van der Waals surface area contributed by atoms with Crippen molar-refractivity contribution in [3.05, 3.63) is 65.7 Å². The SMILES string of the molecule is c1ccc(CSc2ccccc2C2=NOCCO2)cc1. The van der Waals surface area contributed by atoms with E-state index in [1.807, 2.05) is 24.3 Å². The summed E-state index contributed by atoms with van der Waals surface area (Å²) in [5, 5.41) is 4.00. The first kappa shape index (κ1) is 13.1. The zero-order valence-corrected chi connectivity index (χ0v) is 11.8. The average molecular weight is 285 g/mol. The Morgan fingerprint density at radius 3 is 2.55 bits per heavy atom. The molecule has 0 spiro atoms. The predicted octanol–water partition coefficient (Wildman–Crippen LogP) is 3.69. The van der Waals surface area contributed by atoms with Gasteiger partial charge in [0.05, 0.1) is 5.56 Å². The molecule has 0 atom stereocenters. The van der Waals surface area contributed by atoms with Crippen LogP contribution in [-0.2, 0) is 15.3 Å². The zero-order chi connectivity index (χ0) is 13.6. The van der Waals surface area contributed by atoms with E-state index in [9.17, 15) is 0 Å². The smallest absolute Gasteiger partial charge is 0.258 e. The summed E-state index contributed by atoms with van der Waals surface area (Å²) in [7, 11) is 0. The number of rotatable bonds is 4. The number of nitrogens with zero attached hydrogens (tertiary/aromatic N) is 1. The quantitative estimate of drug-likeness (QED) is 0.803.